The molecular weight excluding hydrogens is 548 g/mol. The van der Waals surface area contributed by atoms with Crippen LogP contribution in [0.3, 0.4) is 0 Å². The van der Waals surface area contributed by atoms with Crippen LogP contribution in [0.2, 0.25) is 0 Å². The Labute approximate surface area is 254 Å². The molecule has 0 aliphatic heterocycles. The lowest BCUT2D eigenvalue weighted by atomic mass is 9.98. The maximum absolute atomic E-state index is 13.3. The molecule has 0 aliphatic rings. The van der Waals surface area contributed by atoms with Gasteiger partial charge in [0.2, 0.25) is 5.91 Å². The van der Waals surface area contributed by atoms with E-state index in [4.69, 9.17) is 27.0 Å². The number of imidazole rings is 1. The van der Waals surface area contributed by atoms with Crippen LogP contribution in [0.1, 0.15) is 50.4 Å². The first kappa shape index (κ1) is 32.6. The SMILES string of the molecule is CCOCCCN(C[C@@H](NC(=O)Cc1cncn1Cc1ccc(C#N)cc1)[C@@H](C)CC)C(=S)Nc1ccc(OC)cc1. The lowest BCUT2D eigenvalue weighted by molar-refractivity contribution is -0.121. The van der Waals surface area contributed by atoms with E-state index in [2.05, 4.69) is 40.4 Å². The van der Waals surface area contributed by atoms with E-state index in [1.807, 2.05) is 47.9 Å². The molecule has 1 aromatic heterocycles. The molecule has 224 valence electrons. The number of rotatable bonds is 16. The Kier molecular flexibility index (Phi) is 13.3. The van der Waals surface area contributed by atoms with Crippen LogP contribution in [0, 0.1) is 17.2 Å². The normalized spacial score (nSPS) is 12.2. The first-order valence-corrected chi connectivity index (χ1v) is 14.8. The number of hydrogen-bond acceptors (Lipinski definition) is 6. The Hall–Kier alpha value is -3.94. The molecule has 2 aromatic carbocycles. The van der Waals surface area contributed by atoms with Crippen LogP contribution in [0.5, 0.6) is 5.75 Å². The van der Waals surface area contributed by atoms with Crippen molar-refractivity contribution in [3.8, 4) is 11.8 Å². The molecule has 0 unspecified atom stereocenters. The second-order valence-electron chi connectivity index (χ2n) is 10.2. The molecule has 0 bridgehead atoms. The van der Waals surface area contributed by atoms with Gasteiger partial charge >= 0.3 is 0 Å². The smallest absolute Gasteiger partial charge is 0.226 e. The third kappa shape index (κ3) is 10.2. The minimum absolute atomic E-state index is 0.0647. The average Bonchev–Trinajstić information content (AvgIpc) is 3.44. The van der Waals surface area contributed by atoms with Crippen molar-refractivity contribution in [2.75, 3.05) is 38.7 Å². The van der Waals surface area contributed by atoms with E-state index >= 15 is 0 Å². The highest BCUT2D eigenvalue weighted by atomic mass is 32.1. The molecule has 2 N–H and O–H groups in total. The van der Waals surface area contributed by atoms with Crippen LogP contribution in [0.4, 0.5) is 5.69 Å². The Morgan fingerprint density at radius 1 is 1.17 bits per heavy atom. The number of hydrogen-bond donors (Lipinski definition) is 2. The van der Waals surface area contributed by atoms with Crippen molar-refractivity contribution < 1.29 is 14.3 Å². The fourth-order valence-electron chi connectivity index (χ4n) is 4.49. The molecule has 0 saturated heterocycles. The number of methoxy groups -OCH3 is 1. The summed E-state index contributed by atoms with van der Waals surface area (Å²) in [6.45, 7) is 9.41. The summed E-state index contributed by atoms with van der Waals surface area (Å²) in [7, 11) is 1.64. The van der Waals surface area contributed by atoms with Crippen molar-refractivity contribution in [2.24, 2.45) is 5.92 Å². The van der Waals surface area contributed by atoms with Gasteiger partial charge in [0.25, 0.3) is 0 Å². The summed E-state index contributed by atoms with van der Waals surface area (Å²) in [5.41, 5.74) is 3.35. The maximum Gasteiger partial charge on any atom is 0.226 e. The molecule has 2 atom stereocenters. The Morgan fingerprint density at radius 2 is 1.90 bits per heavy atom. The predicted molar refractivity (Wildman–Crippen MR) is 169 cm³/mol. The topological polar surface area (TPSA) is 104 Å². The van der Waals surface area contributed by atoms with E-state index in [1.165, 1.54) is 0 Å². The summed E-state index contributed by atoms with van der Waals surface area (Å²) in [4.78, 5) is 19.7. The van der Waals surface area contributed by atoms with Crippen molar-refractivity contribution in [1.82, 2.24) is 19.8 Å². The van der Waals surface area contributed by atoms with Gasteiger partial charge in [-0.3, -0.25) is 4.79 Å². The minimum Gasteiger partial charge on any atom is -0.497 e. The zero-order chi connectivity index (χ0) is 30.3. The first-order valence-electron chi connectivity index (χ1n) is 14.4. The number of nitriles is 1. The third-order valence-corrected chi connectivity index (χ3v) is 7.58. The van der Waals surface area contributed by atoms with Crippen molar-refractivity contribution in [3.05, 3.63) is 77.9 Å². The zero-order valence-corrected chi connectivity index (χ0v) is 25.8. The molecule has 3 aromatic rings. The number of carbonyl (C=O) groups excluding carboxylic acids is 1. The second kappa shape index (κ2) is 17.1. The molecule has 0 radical (unpaired) electrons. The number of anilines is 1. The van der Waals surface area contributed by atoms with Gasteiger partial charge in [-0.15, -0.1) is 0 Å². The second-order valence-corrected chi connectivity index (χ2v) is 10.6. The van der Waals surface area contributed by atoms with Gasteiger partial charge in [-0.25, -0.2) is 4.98 Å². The number of nitrogens with one attached hydrogen (secondary N) is 2. The summed E-state index contributed by atoms with van der Waals surface area (Å²) in [6, 6.07) is 17.1. The van der Waals surface area contributed by atoms with Crippen LogP contribution in [0.15, 0.2) is 61.1 Å². The quantitative estimate of drug-likeness (QED) is 0.177. The van der Waals surface area contributed by atoms with E-state index in [9.17, 15) is 4.79 Å². The molecule has 0 spiro atoms. The molecule has 1 amide bonds. The molecule has 0 fully saturated rings. The van der Waals surface area contributed by atoms with Crippen molar-refractivity contribution in [1.29, 1.82) is 5.26 Å². The van der Waals surface area contributed by atoms with E-state index in [0.29, 0.717) is 43.5 Å². The maximum atomic E-state index is 13.3. The van der Waals surface area contributed by atoms with Crippen molar-refractivity contribution in [2.45, 2.75) is 52.6 Å². The van der Waals surface area contributed by atoms with Gasteiger partial charge in [-0.2, -0.15) is 5.26 Å². The molecular formula is C32H42N6O3S. The molecule has 0 aliphatic carbocycles. The van der Waals surface area contributed by atoms with Crippen LogP contribution in [-0.2, 0) is 22.5 Å². The Balaban J connectivity index is 1.68. The van der Waals surface area contributed by atoms with Gasteiger partial charge in [0.05, 0.1) is 31.5 Å². The van der Waals surface area contributed by atoms with Crippen molar-refractivity contribution in [3.63, 3.8) is 0 Å². The van der Waals surface area contributed by atoms with E-state index in [-0.39, 0.29) is 24.3 Å². The predicted octanol–water partition coefficient (Wildman–Crippen LogP) is 5.01. The van der Waals surface area contributed by atoms with Crippen LogP contribution >= 0.6 is 12.2 Å². The average molecular weight is 591 g/mol. The van der Waals surface area contributed by atoms with Crippen LogP contribution in [-0.4, -0.2) is 64.9 Å². The summed E-state index contributed by atoms with van der Waals surface area (Å²) >= 11 is 5.84. The summed E-state index contributed by atoms with van der Waals surface area (Å²) in [5, 5.41) is 16.3. The minimum atomic E-state index is -0.111. The lowest BCUT2D eigenvalue weighted by Gasteiger charge is -2.33. The van der Waals surface area contributed by atoms with E-state index in [0.717, 1.165) is 35.5 Å². The van der Waals surface area contributed by atoms with E-state index < -0.39 is 0 Å². The molecule has 42 heavy (non-hydrogen) atoms. The Bertz CT molecular complexity index is 1300. The van der Waals surface area contributed by atoms with Gasteiger partial charge in [-0.05, 0) is 73.4 Å². The highest BCUT2D eigenvalue weighted by Crippen LogP contribution is 2.17. The first-order chi connectivity index (χ1) is 20.4. The number of aromatic nitrogens is 2. The number of carbonyl (C=O) groups is 1. The number of thiocarbonyl (C=S) groups is 1. The number of ether oxygens (including phenoxy) is 2. The van der Waals surface area contributed by atoms with Gasteiger partial charge in [0, 0.05) is 56.5 Å². The van der Waals surface area contributed by atoms with E-state index in [1.54, 1.807) is 31.8 Å². The molecule has 3 rings (SSSR count). The summed E-state index contributed by atoms with van der Waals surface area (Å²) < 4.78 is 12.8. The Morgan fingerprint density at radius 3 is 2.55 bits per heavy atom. The number of amides is 1. The standard InChI is InChI=1S/C32H42N6O3S/c1-5-24(3)30(22-37(16-7-17-41-6-2)32(42)35-27-12-14-29(40-4)15-13-27)36-31(39)18-28-20-34-23-38(28)21-26-10-8-25(19-33)9-11-26/h8-15,20,23-24,30H,5-7,16-18,21-22H2,1-4H3,(H,35,42)(H,36,39)/t24-,30+/m0/s1. The van der Waals surface area contributed by atoms with Gasteiger partial charge in [0.1, 0.15) is 5.75 Å². The summed E-state index contributed by atoms with van der Waals surface area (Å²) in [5.74, 6) is 0.943. The molecule has 9 nitrogen and oxygen atoms in total. The highest BCUT2D eigenvalue weighted by Gasteiger charge is 2.24. The fraction of sp³-hybridized carbons (Fsp3) is 0.438. The van der Waals surface area contributed by atoms with Crippen LogP contribution < -0.4 is 15.4 Å². The number of nitrogens with zero attached hydrogens (tertiary/aromatic N) is 4. The van der Waals surface area contributed by atoms with Gasteiger partial charge < -0.3 is 29.6 Å². The van der Waals surface area contributed by atoms with Crippen LogP contribution in [0.25, 0.3) is 0 Å². The number of benzene rings is 2. The lowest BCUT2D eigenvalue weighted by Crippen LogP contribution is -2.50. The monoisotopic (exact) mass is 590 g/mol. The van der Waals surface area contributed by atoms with Gasteiger partial charge in [-0.1, -0.05) is 32.4 Å². The fourth-order valence-corrected chi connectivity index (χ4v) is 4.77. The largest absolute Gasteiger partial charge is 0.497 e. The van der Waals surface area contributed by atoms with Gasteiger partial charge in [0.15, 0.2) is 5.11 Å². The third-order valence-electron chi connectivity index (χ3n) is 7.22. The highest BCUT2D eigenvalue weighted by molar-refractivity contribution is 7.80. The molecule has 1 heterocycles. The molecule has 0 saturated carbocycles. The summed E-state index contributed by atoms with van der Waals surface area (Å²) in [6.07, 6.45) is 5.40. The zero-order valence-electron chi connectivity index (χ0n) is 25.0. The van der Waals surface area contributed by atoms with Crippen molar-refractivity contribution >= 4 is 28.9 Å². The molecule has 10 heteroatoms.